The van der Waals surface area contributed by atoms with Gasteiger partial charge in [0.2, 0.25) is 0 Å². The third kappa shape index (κ3) is 2.20. The van der Waals surface area contributed by atoms with E-state index < -0.39 is 0 Å². The number of hydrogen-bond donors (Lipinski definition) is 1. The summed E-state index contributed by atoms with van der Waals surface area (Å²) in [5.74, 6) is 1.50. The van der Waals surface area contributed by atoms with Gasteiger partial charge in [-0.1, -0.05) is 32.4 Å². The van der Waals surface area contributed by atoms with Crippen molar-refractivity contribution in [2.75, 3.05) is 6.61 Å². The monoisotopic (exact) mass is 196 g/mol. The molecule has 1 heteroatoms. The van der Waals surface area contributed by atoms with Crippen LogP contribution in [-0.4, -0.2) is 11.7 Å². The Kier molecular flexibility index (Phi) is 3.77. The molecule has 0 aromatic rings. The molecule has 0 aromatic heterocycles. The Bertz CT molecular complexity index is 215. The second-order valence-electron chi connectivity index (χ2n) is 5.29. The highest BCUT2D eigenvalue weighted by molar-refractivity contribution is 5.18. The maximum absolute atomic E-state index is 8.83. The number of rotatable bonds is 4. The van der Waals surface area contributed by atoms with E-state index in [1.165, 1.54) is 6.42 Å². The highest BCUT2D eigenvalue weighted by Crippen LogP contribution is 2.47. The van der Waals surface area contributed by atoms with Crippen molar-refractivity contribution < 1.29 is 5.11 Å². The van der Waals surface area contributed by atoms with Crippen molar-refractivity contribution in [3.63, 3.8) is 0 Å². The minimum Gasteiger partial charge on any atom is -0.396 e. The van der Waals surface area contributed by atoms with Crippen molar-refractivity contribution in [2.24, 2.45) is 17.3 Å². The first-order chi connectivity index (χ1) is 6.50. The van der Waals surface area contributed by atoms with Gasteiger partial charge in [-0.3, -0.25) is 0 Å². The Morgan fingerprint density at radius 1 is 1.57 bits per heavy atom. The zero-order valence-corrected chi connectivity index (χ0v) is 10.0. The average Bonchev–Trinajstić information content (AvgIpc) is 2.38. The minimum absolute atomic E-state index is 0.337. The number of aliphatic hydroxyl groups is 1. The molecular formula is C13H24O. The molecule has 0 saturated carbocycles. The van der Waals surface area contributed by atoms with Crippen LogP contribution in [0.2, 0.25) is 0 Å². The summed E-state index contributed by atoms with van der Waals surface area (Å²) >= 11 is 0. The molecule has 0 spiro atoms. The molecule has 14 heavy (non-hydrogen) atoms. The molecule has 2 atom stereocenters. The summed E-state index contributed by atoms with van der Waals surface area (Å²) < 4.78 is 0. The van der Waals surface area contributed by atoms with E-state index in [1.54, 1.807) is 5.57 Å². The van der Waals surface area contributed by atoms with Crippen molar-refractivity contribution in [1.29, 1.82) is 0 Å². The number of hydrogen-bond acceptors (Lipinski definition) is 1. The molecular weight excluding hydrogens is 172 g/mol. The predicted molar refractivity (Wildman–Crippen MR) is 61.1 cm³/mol. The van der Waals surface area contributed by atoms with E-state index in [2.05, 4.69) is 33.8 Å². The van der Waals surface area contributed by atoms with E-state index in [1.807, 2.05) is 0 Å². The van der Waals surface area contributed by atoms with Crippen LogP contribution >= 0.6 is 0 Å². The molecule has 0 amide bonds. The molecule has 0 fully saturated rings. The molecule has 1 nitrogen and oxygen atoms in total. The molecule has 1 aliphatic rings. The van der Waals surface area contributed by atoms with Crippen molar-refractivity contribution >= 4 is 0 Å². The van der Waals surface area contributed by atoms with Crippen molar-refractivity contribution in [3.05, 3.63) is 11.6 Å². The van der Waals surface area contributed by atoms with Crippen molar-refractivity contribution in [3.8, 4) is 0 Å². The van der Waals surface area contributed by atoms with Crippen LogP contribution in [0.5, 0.6) is 0 Å². The lowest BCUT2D eigenvalue weighted by Gasteiger charge is -2.34. The van der Waals surface area contributed by atoms with E-state index in [-0.39, 0.29) is 0 Å². The van der Waals surface area contributed by atoms with Gasteiger partial charge in [0, 0.05) is 6.61 Å². The second-order valence-corrected chi connectivity index (χ2v) is 5.29. The number of allylic oxidation sites excluding steroid dienone is 2. The Labute approximate surface area is 88.2 Å². The molecule has 0 saturated heterocycles. The van der Waals surface area contributed by atoms with Gasteiger partial charge in [0.25, 0.3) is 0 Å². The van der Waals surface area contributed by atoms with Gasteiger partial charge >= 0.3 is 0 Å². The number of aliphatic hydroxyl groups excluding tert-OH is 1. The van der Waals surface area contributed by atoms with Crippen LogP contribution in [0.4, 0.5) is 0 Å². The summed E-state index contributed by atoms with van der Waals surface area (Å²) in [5.41, 5.74) is 1.91. The first-order valence-electron chi connectivity index (χ1n) is 5.78. The van der Waals surface area contributed by atoms with E-state index >= 15 is 0 Å². The molecule has 0 bridgehead atoms. The van der Waals surface area contributed by atoms with Crippen LogP contribution in [0.3, 0.4) is 0 Å². The van der Waals surface area contributed by atoms with Gasteiger partial charge in [-0.2, -0.15) is 0 Å². The first kappa shape index (κ1) is 11.8. The second kappa shape index (κ2) is 4.48. The summed E-state index contributed by atoms with van der Waals surface area (Å²) in [6, 6.07) is 0. The largest absolute Gasteiger partial charge is 0.396 e. The molecule has 0 aliphatic heterocycles. The summed E-state index contributed by atoms with van der Waals surface area (Å²) in [4.78, 5) is 0. The van der Waals surface area contributed by atoms with Crippen LogP contribution < -0.4 is 0 Å². The molecule has 0 radical (unpaired) electrons. The third-order valence-electron chi connectivity index (χ3n) is 4.13. The zero-order chi connectivity index (χ0) is 10.8. The smallest absolute Gasteiger partial charge is 0.0431 e. The predicted octanol–water partition coefficient (Wildman–Crippen LogP) is 3.39. The van der Waals surface area contributed by atoms with Gasteiger partial charge in [-0.25, -0.2) is 0 Å². The lowest BCUT2D eigenvalue weighted by Crippen LogP contribution is -2.26. The van der Waals surface area contributed by atoms with Crippen molar-refractivity contribution in [2.45, 2.75) is 47.0 Å². The lowest BCUT2D eigenvalue weighted by atomic mass is 9.71. The summed E-state index contributed by atoms with van der Waals surface area (Å²) in [6.45, 7) is 9.62. The highest BCUT2D eigenvalue weighted by atomic mass is 16.2. The Morgan fingerprint density at radius 2 is 2.21 bits per heavy atom. The summed E-state index contributed by atoms with van der Waals surface area (Å²) in [6.07, 6.45) is 5.73. The fourth-order valence-electron chi connectivity index (χ4n) is 2.71. The molecule has 0 heterocycles. The maximum atomic E-state index is 8.83. The van der Waals surface area contributed by atoms with Gasteiger partial charge in [0.15, 0.2) is 0 Å². The maximum Gasteiger partial charge on any atom is 0.0431 e. The summed E-state index contributed by atoms with van der Waals surface area (Å²) in [5, 5.41) is 8.83. The SMILES string of the molecule is CC1=CCC([C@@H](C)CCCO)C1(C)C. The average molecular weight is 196 g/mol. The Hall–Kier alpha value is -0.300. The Balaban J connectivity index is 2.54. The van der Waals surface area contributed by atoms with Crippen LogP contribution in [0.15, 0.2) is 11.6 Å². The van der Waals surface area contributed by atoms with E-state index in [0.29, 0.717) is 12.0 Å². The Morgan fingerprint density at radius 3 is 2.64 bits per heavy atom. The van der Waals surface area contributed by atoms with Gasteiger partial charge < -0.3 is 5.11 Å². The van der Waals surface area contributed by atoms with Gasteiger partial charge in [-0.05, 0) is 43.4 Å². The topological polar surface area (TPSA) is 20.2 Å². The molecule has 0 aromatic carbocycles. The van der Waals surface area contributed by atoms with E-state index in [0.717, 1.165) is 24.7 Å². The van der Waals surface area contributed by atoms with Crippen LogP contribution in [0, 0.1) is 17.3 Å². The zero-order valence-electron chi connectivity index (χ0n) is 10.0. The van der Waals surface area contributed by atoms with Gasteiger partial charge in [0.05, 0.1) is 0 Å². The molecule has 1 N–H and O–H groups in total. The fourth-order valence-corrected chi connectivity index (χ4v) is 2.71. The molecule has 82 valence electrons. The normalized spacial score (nSPS) is 27.5. The van der Waals surface area contributed by atoms with Crippen LogP contribution in [-0.2, 0) is 0 Å². The fraction of sp³-hybridized carbons (Fsp3) is 0.846. The van der Waals surface area contributed by atoms with E-state index in [9.17, 15) is 0 Å². The van der Waals surface area contributed by atoms with Gasteiger partial charge in [-0.15, -0.1) is 0 Å². The molecule has 1 rings (SSSR count). The first-order valence-corrected chi connectivity index (χ1v) is 5.78. The molecule has 1 unspecified atom stereocenters. The quantitative estimate of drug-likeness (QED) is 0.683. The highest BCUT2D eigenvalue weighted by Gasteiger charge is 2.37. The molecule has 1 aliphatic carbocycles. The van der Waals surface area contributed by atoms with Crippen molar-refractivity contribution in [1.82, 2.24) is 0 Å². The van der Waals surface area contributed by atoms with Crippen LogP contribution in [0.1, 0.15) is 47.0 Å². The summed E-state index contributed by atoms with van der Waals surface area (Å²) in [7, 11) is 0. The lowest BCUT2D eigenvalue weighted by molar-refractivity contribution is 0.184. The van der Waals surface area contributed by atoms with E-state index in [4.69, 9.17) is 5.11 Å². The minimum atomic E-state index is 0.337. The van der Waals surface area contributed by atoms with Crippen LogP contribution in [0.25, 0.3) is 0 Å². The van der Waals surface area contributed by atoms with Gasteiger partial charge in [0.1, 0.15) is 0 Å². The standard InChI is InChI=1S/C13H24O/c1-10(6-5-9-14)12-8-7-11(2)13(12,3)4/h7,10,12,14H,5-6,8-9H2,1-4H3/t10-,12?/m0/s1. The third-order valence-corrected chi connectivity index (χ3v) is 4.13.